The van der Waals surface area contributed by atoms with Gasteiger partial charge in [0.2, 0.25) is 0 Å². The maximum Gasteiger partial charge on any atom is 0.336 e. The molecule has 0 unspecified atom stereocenters. The molecule has 0 bridgehead atoms. The SMILES string of the molecule is COc1ccc(C(N)=O)c2oc(=O)cc(C)c12. The van der Waals surface area contributed by atoms with Gasteiger partial charge in [-0.2, -0.15) is 0 Å². The van der Waals surface area contributed by atoms with Crippen LogP contribution >= 0.6 is 0 Å². The van der Waals surface area contributed by atoms with Crippen molar-refractivity contribution < 1.29 is 13.9 Å². The van der Waals surface area contributed by atoms with Crippen molar-refractivity contribution in [1.29, 1.82) is 0 Å². The number of carbonyl (C=O) groups is 1. The number of aryl methyl sites for hydroxylation is 1. The van der Waals surface area contributed by atoms with Crippen molar-refractivity contribution >= 4 is 16.9 Å². The zero-order valence-corrected chi connectivity index (χ0v) is 9.44. The van der Waals surface area contributed by atoms with Crippen LogP contribution < -0.4 is 16.1 Å². The second-order valence-corrected chi connectivity index (χ2v) is 3.63. The molecular formula is C12H11NO4. The highest BCUT2D eigenvalue weighted by atomic mass is 16.5. The Labute approximate surface area is 96.8 Å². The zero-order valence-electron chi connectivity index (χ0n) is 9.44. The summed E-state index contributed by atoms with van der Waals surface area (Å²) in [6, 6.07) is 4.44. The van der Waals surface area contributed by atoms with E-state index in [1.807, 2.05) is 0 Å². The minimum Gasteiger partial charge on any atom is -0.496 e. The van der Waals surface area contributed by atoms with E-state index in [2.05, 4.69) is 0 Å². The molecule has 1 heterocycles. The Morgan fingerprint density at radius 3 is 2.71 bits per heavy atom. The summed E-state index contributed by atoms with van der Waals surface area (Å²) in [4.78, 5) is 22.6. The smallest absolute Gasteiger partial charge is 0.336 e. The Bertz CT molecular complexity index is 657. The molecule has 88 valence electrons. The number of carbonyl (C=O) groups excluding carboxylic acids is 1. The van der Waals surface area contributed by atoms with Crippen LogP contribution in [0.2, 0.25) is 0 Å². The summed E-state index contributed by atoms with van der Waals surface area (Å²) in [5.74, 6) is -0.113. The van der Waals surface area contributed by atoms with Crippen LogP contribution in [0.1, 0.15) is 15.9 Å². The molecule has 2 rings (SSSR count). The number of hydrogen-bond acceptors (Lipinski definition) is 4. The fraction of sp³-hybridized carbons (Fsp3) is 0.167. The average molecular weight is 233 g/mol. The van der Waals surface area contributed by atoms with Gasteiger partial charge in [0.05, 0.1) is 18.1 Å². The molecule has 0 aliphatic heterocycles. The summed E-state index contributed by atoms with van der Waals surface area (Å²) < 4.78 is 10.2. The van der Waals surface area contributed by atoms with Gasteiger partial charge < -0.3 is 14.9 Å². The van der Waals surface area contributed by atoms with Gasteiger partial charge in [0.1, 0.15) is 5.75 Å². The largest absolute Gasteiger partial charge is 0.496 e. The molecule has 5 heteroatoms. The lowest BCUT2D eigenvalue weighted by molar-refractivity contribution is 0.100. The zero-order chi connectivity index (χ0) is 12.6. The molecule has 2 aromatic rings. The molecule has 0 atom stereocenters. The van der Waals surface area contributed by atoms with Gasteiger partial charge in [-0.25, -0.2) is 4.79 Å². The average Bonchev–Trinajstić information content (AvgIpc) is 2.26. The third-order valence-corrected chi connectivity index (χ3v) is 2.54. The van der Waals surface area contributed by atoms with E-state index in [-0.39, 0.29) is 11.1 Å². The van der Waals surface area contributed by atoms with Crippen LogP contribution in [-0.4, -0.2) is 13.0 Å². The van der Waals surface area contributed by atoms with Gasteiger partial charge in [-0.3, -0.25) is 4.79 Å². The Morgan fingerprint density at radius 2 is 2.12 bits per heavy atom. The van der Waals surface area contributed by atoms with Gasteiger partial charge in [-0.15, -0.1) is 0 Å². The lowest BCUT2D eigenvalue weighted by atomic mass is 10.1. The van der Waals surface area contributed by atoms with E-state index in [0.29, 0.717) is 16.7 Å². The van der Waals surface area contributed by atoms with Crippen LogP contribution in [-0.2, 0) is 0 Å². The highest BCUT2D eigenvalue weighted by molar-refractivity contribution is 6.06. The molecule has 0 saturated carbocycles. The molecular weight excluding hydrogens is 222 g/mol. The molecule has 5 nitrogen and oxygen atoms in total. The Balaban J connectivity index is 3.00. The first kappa shape index (κ1) is 11.2. The van der Waals surface area contributed by atoms with E-state index in [1.165, 1.54) is 19.2 Å². The number of primary amides is 1. The predicted molar refractivity (Wildman–Crippen MR) is 62.3 cm³/mol. The second-order valence-electron chi connectivity index (χ2n) is 3.63. The molecule has 1 amide bonds. The summed E-state index contributed by atoms with van der Waals surface area (Å²) >= 11 is 0. The van der Waals surface area contributed by atoms with Gasteiger partial charge in [0.15, 0.2) is 5.58 Å². The molecule has 0 aliphatic rings. The molecule has 1 aromatic carbocycles. The Morgan fingerprint density at radius 1 is 1.41 bits per heavy atom. The number of methoxy groups -OCH3 is 1. The van der Waals surface area contributed by atoms with Crippen LogP contribution in [0.15, 0.2) is 27.4 Å². The number of ether oxygens (including phenoxy) is 1. The second kappa shape index (κ2) is 3.93. The summed E-state index contributed by atoms with van der Waals surface area (Å²) in [5, 5.41) is 0.586. The molecule has 0 saturated heterocycles. The van der Waals surface area contributed by atoms with Crippen molar-refractivity contribution in [1.82, 2.24) is 0 Å². The summed E-state index contributed by atoms with van der Waals surface area (Å²) in [7, 11) is 1.50. The Kier molecular flexibility index (Phi) is 2.59. The quantitative estimate of drug-likeness (QED) is 0.790. The van der Waals surface area contributed by atoms with Crippen molar-refractivity contribution in [3.8, 4) is 5.75 Å². The van der Waals surface area contributed by atoms with Crippen molar-refractivity contribution in [2.75, 3.05) is 7.11 Å². The molecule has 0 aliphatic carbocycles. The van der Waals surface area contributed by atoms with Crippen LogP contribution in [0.5, 0.6) is 5.75 Å². The molecule has 1 aromatic heterocycles. The molecule has 0 radical (unpaired) electrons. The first-order valence-corrected chi connectivity index (χ1v) is 4.96. The van der Waals surface area contributed by atoms with E-state index >= 15 is 0 Å². The minimum absolute atomic E-state index is 0.168. The lowest BCUT2D eigenvalue weighted by Crippen LogP contribution is -2.13. The van der Waals surface area contributed by atoms with E-state index < -0.39 is 11.5 Å². The van der Waals surface area contributed by atoms with Crippen molar-refractivity contribution in [2.24, 2.45) is 5.73 Å². The van der Waals surface area contributed by atoms with Gasteiger partial charge in [-0.05, 0) is 24.6 Å². The maximum absolute atomic E-state index is 11.3. The fourth-order valence-electron chi connectivity index (χ4n) is 1.79. The number of benzene rings is 1. The highest BCUT2D eigenvalue weighted by Gasteiger charge is 2.15. The minimum atomic E-state index is -0.647. The predicted octanol–water partition coefficient (Wildman–Crippen LogP) is 1.21. The van der Waals surface area contributed by atoms with Gasteiger partial charge in [0, 0.05) is 6.07 Å². The number of fused-ring (bicyclic) bond motifs is 1. The van der Waals surface area contributed by atoms with Crippen LogP contribution in [0, 0.1) is 6.92 Å². The standard InChI is InChI=1S/C12H11NO4/c1-6-5-9(14)17-11-7(12(13)15)3-4-8(16-2)10(6)11/h3-5H,1-2H3,(H2,13,15). The summed E-state index contributed by atoms with van der Waals surface area (Å²) in [5.41, 5.74) is 5.72. The highest BCUT2D eigenvalue weighted by Crippen LogP contribution is 2.29. The first-order valence-electron chi connectivity index (χ1n) is 4.96. The topological polar surface area (TPSA) is 82.5 Å². The number of nitrogens with two attached hydrogens (primary N) is 1. The molecule has 0 spiro atoms. The van der Waals surface area contributed by atoms with Crippen LogP contribution in [0.25, 0.3) is 11.0 Å². The Hall–Kier alpha value is -2.30. The van der Waals surface area contributed by atoms with Crippen LogP contribution in [0.3, 0.4) is 0 Å². The monoisotopic (exact) mass is 233 g/mol. The van der Waals surface area contributed by atoms with E-state index in [1.54, 1.807) is 13.0 Å². The first-order chi connectivity index (χ1) is 8.04. The third-order valence-electron chi connectivity index (χ3n) is 2.54. The van der Waals surface area contributed by atoms with Gasteiger partial charge >= 0.3 is 5.63 Å². The van der Waals surface area contributed by atoms with Gasteiger partial charge in [-0.1, -0.05) is 0 Å². The van der Waals surface area contributed by atoms with E-state index in [4.69, 9.17) is 14.9 Å². The van der Waals surface area contributed by atoms with Gasteiger partial charge in [0.25, 0.3) is 5.91 Å². The molecule has 2 N–H and O–H groups in total. The van der Waals surface area contributed by atoms with E-state index in [0.717, 1.165) is 0 Å². The van der Waals surface area contributed by atoms with Crippen molar-refractivity contribution in [2.45, 2.75) is 6.92 Å². The summed E-state index contributed by atoms with van der Waals surface area (Å²) in [6.07, 6.45) is 0. The van der Waals surface area contributed by atoms with Crippen LogP contribution in [0.4, 0.5) is 0 Å². The normalized spacial score (nSPS) is 10.5. The summed E-state index contributed by atoms with van der Waals surface area (Å²) in [6.45, 7) is 1.74. The third kappa shape index (κ3) is 1.75. The number of amides is 1. The molecule has 0 fully saturated rings. The maximum atomic E-state index is 11.3. The number of rotatable bonds is 2. The van der Waals surface area contributed by atoms with E-state index in [9.17, 15) is 9.59 Å². The fourth-order valence-corrected chi connectivity index (χ4v) is 1.79. The molecule has 17 heavy (non-hydrogen) atoms. The van der Waals surface area contributed by atoms with Crippen molar-refractivity contribution in [3.05, 3.63) is 39.7 Å². The van der Waals surface area contributed by atoms with Crippen molar-refractivity contribution in [3.63, 3.8) is 0 Å². The number of hydrogen-bond donors (Lipinski definition) is 1. The lowest BCUT2D eigenvalue weighted by Gasteiger charge is -2.08.